The van der Waals surface area contributed by atoms with Gasteiger partial charge in [-0.15, -0.1) is 0 Å². The number of fused-ring (bicyclic) bond motifs is 1. The highest BCUT2D eigenvalue weighted by Gasteiger charge is 2.16. The minimum absolute atomic E-state index is 0.127. The summed E-state index contributed by atoms with van der Waals surface area (Å²) in [7, 11) is -3.40. The number of rotatable bonds is 5. The van der Waals surface area contributed by atoms with Crippen molar-refractivity contribution in [1.82, 2.24) is 5.32 Å². The number of carbonyl (C=O) groups is 1. The summed E-state index contributed by atoms with van der Waals surface area (Å²) in [5.41, 5.74) is 5.50. The second-order valence-corrected chi connectivity index (χ2v) is 9.08. The zero-order valence-corrected chi connectivity index (χ0v) is 16.8. The highest BCUT2D eigenvalue weighted by Crippen LogP contribution is 2.25. The third-order valence-corrected chi connectivity index (χ3v) is 5.61. The second-order valence-electron chi connectivity index (χ2n) is 7.33. The zero-order valence-electron chi connectivity index (χ0n) is 16.0. The van der Waals surface area contributed by atoms with Crippen LogP contribution in [0, 0.1) is 6.92 Å². The largest absolute Gasteiger partial charge is 0.346 e. The third kappa shape index (κ3) is 4.89. The van der Waals surface area contributed by atoms with Gasteiger partial charge in [0, 0.05) is 5.56 Å². The maximum absolute atomic E-state index is 12.7. The molecule has 2 N–H and O–H groups in total. The summed E-state index contributed by atoms with van der Waals surface area (Å²) in [5, 5.41) is 3.01. The topological polar surface area (TPSA) is 75.3 Å². The summed E-state index contributed by atoms with van der Waals surface area (Å²) >= 11 is 0. The van der Waals surface area contributed by atoms with Crippen LogP contribution in [0.4, 0.5) is 5.69 Å². The van der Waals surface area contributed by atoms with Gasteiger partial charge in [0.15, 0.2) is 0 Å². The maximum atomic E-state index is 12.7. The first-order chi connectivity index (χ1) is 12.7. The fraction of sp³-hybridized carbons (Fsp3) is 0.381. The molecule has 0 fully saturated rings. The van der Waals surface area contributed by atoms with E-state index in [1.807, 2.05) is 6.92 Å². The van der Waals surface area contributed by atoms with Crippen LogP contribution in [0.25, 0.3) is 0 Å². The Morgan fingerprint density at radius 3 is 2.44 bits per heavy atom. The highest BCUT2D eigenvalue weighted by atomic mass is 32.2. The summed E-state index contributed by atoms with van der Waals surface area (Å²) in [4.78, 5) is 12.7. The minimum Gasteiger partial charge on any atom is -0.346 e. The molecule has 2 aromatic rings. The van der Waals surface area contributed by atoms with Gasteiger partial charge in [0.2, 0.25) is 10.0 Å². The molecule has 2 aromatic carbocycles. The van der Waals surface area contributed by atoms with Crippen molar-refractivity contribution in [2.75, 3.05) is 11.0 Å². The van der Waals surface area contributed by atoms with Crippen LogP contribution >= 0.6 is 0 Å². The molecule has 0 radical (unpaired) electrons. The Kier molecular flexibility index (Phi) is 5.56. The molecule has 0 spiro atoms. The van der Waals surface area contributed by atoms with Crippen molar-refractivity contribution >= 4 is 21.6 Å². The molecule has 0 saturated heterocycles. The number of anilines is 1. The summed E-state index contributed by atoms with van der Waals surface area (Å²) in [6, 6.07) is 11.4. The molecule has 27 heavy (non-hydrogen) atoms. The number of nitrogens with one attached hydrogen (secondary N) is 2. The lowest BCUT2D eigenvalue weighted by Crippen LogP contribution is -2.27. The van der Waals surface area contributed by atoms with E-state index in [-0.39, 0.29) is 11.9 Å². The lowest BCUT2D eigenvalue weighted by Gasteiger charge is -2.20. The molecular weight excluding hydrogens is 360 g/mol. The molecule has 1 aliphatic rings. The molecule has 1 amide bonds. The predicted molar refractivity (Wildman–Crippen MR) is 109 cm³/mol. The fourth-order valence-corrected chi connectivity index (χ4v) is 4.08. The standard InChI is InChI=1S/C21H26N2O3S/c1-14-8-9-19(13-20(14)23-27(3,25)26)21(24)22-15(2)17-11-10-16-6-4-5-7-18(16)12-17/h8-13,15,23H,4-7H2,1-3H3,(H,22,24)/t15-/m0/s1. The monoisotopic (exact) mass is 386 g/mol. The van der Waals surface area contributed by atoms with Gasteiger partial charge in [0.1, 0.15) is 0 Å². The van der Waals surface area contributed by atoms with Gasteiger partial charge in [-0.05, 0) is 73.9 Å². The van der Waals surface area contributed by atoms with Crippen LogP contribution in [0.15, 0.2) is 36.4 Å². The number of hydrogen-bond acceptors (Lipinski definition) is 3. The van der Waals surface area contributed by atoms with Crippen molar-refractivity contribution in [2.45, 2.75) is 45.6 Å². The van der Waals surface area contributed by atoms with Crippen molar-refractivity contribution in [3.05, 3.63) is 64.2 Å². The number of carbonyl (C=O) groups excluding carboxylic acids is 1. The van der Waals surface area contributed by atoms with Gasteiger partial charge in [-0.3, -0.25) is 9.52 Å². The molecule has 1 aliphatic carbocycles. The van der Waals surface area contributed by atoms with Gasteiger partial charge >= 0.3 is 0 Å². The van der Waals surface area contributed by atoms with E-state index in [0.29, 0.717) is 11.3 Å². The molecule has 0 unspecified atom stereocenters. The SMILES string of the molecule is Cc1ccc(C(=O)N[C@@H](C)c2ccc3c(c2)CCCC3)cc1NS(C)(=O)=O. The number of sulfonamides is 1. The molecule has 0 bridgehead atoms. The molecule has 3 rings (SSSR count). The molecule has 0 saturated carbocycles. The van der Waals surface area contributed by atoms with Crippen LogP contribution in [-0.2, 0) is 22.9 Å². The molecular formula is C21H26N2O3S. The summed E-state index contributed by atoms with van der Waals surface area (Å²) < 4.78 is 25.5. The van der Waals surface area contributed by atoms with Gasteiger partial charge < -0.3 is 5.32 Å². The normalized spacial score (nSPS) is 14.9. The average molecular weight is 387 g/mol. The summed E-state index contributed by atoms with van der Waals surface area (Å²) in [5.74, 6) is -0.225. The Morgan fingerprint density at radius 1 is 1.04 bits per heavy atom. The Balaban J connectivity index is 1.76. The summed E-state index contributed by atoms with van der Waals surface area (Å²) in [6.45, 7) is 3.76. The Hall–Kier alpha value is -2.34. The van der Waals surface area contributed by atoms with Crippen LogP contribution in [-0.4, -0.2) is 20.6 Å². The number of hydrogen-bond donors (Lipinski definition) is 2. The van der Waals surface area contributed by atoms with E-state index in [9.17, 15) is 13.2 Å². The van der Waals surface area contributed by atoms with Crippen molar-refractivity contribution in [1.29, 1.82) is 0 Å². The van der Waals surface area contributed by atoms with Crippen LogP contribution in [0.2, 0.25) is 0 Å². The van der Waals surface area contributed by atoms with E-state index < -0.39 is 10.0 Å². The summed E-state index contributed by atoms with van der Waals surface area (Å²) in [6.07, 6.45) is 5.79. The highest BCUT2D eigenvalue weighted by molar-refractivity contribution is 7.92. The molecule has 5 nitrogen and oxygen atoms in total. The van der Waals surface area contributed by atoms with Crippen molar-refractivity contribution in [3.63, 3.8) is 0 Å². The molecule has 6 heteroatoms. The van der Waals surface area contributed by atoms with Crippen molar-refractivity contribution < 1.29 is 13.2 Å². The fourth-order valence-electron chi connectivity index (χ4n) is 3.46. The lowest BCUT2D eigenvalue weighted by atomic mass is 9.89. The molecule has 1 atom stereocenters. The van der Waals surface area contributed by atoms with Crippen LogP contribution in [0.5, 0.6) is 0 Å². The molecule has 0 heterocycles. The average Bonchev–Trinajstić information content (AvgIpc) is 2.62. The van der Waals surface area contributed by atoms with Gasteiger partial charge in [-0.2, -0.15) is 0 Å². The molecule has 144 valence electrons. The Bertz CT molecular complexity index is 967. The second kappa shape index (κ2) is 7.72. The van der Waals surface area contributed by atoms with E-state index in [4.69, 9.17) is 0 Å². The van der Waals surface area contributed by atoms with E-state index in [1.54, 1.807) is 25.1 Å². The first-order valence-electron chi connectivity index (χ1n) is 9.24. The van der Waals surface area contributed by atoms with Crippen LogP contribution in [0.3, 0.4) is 0 Å². The van der Waals surface area contributed by atoms with E-state index >= 15 is 0 Å². The number of amides is 1. The van der Waals surface area contributed by atoms with E-state index in [0.717, 1.165) is 30.2 Å². The minimum atomic E-state index is -3.40. The predicted octanol–water partition coefficient (Wildman–Crippen LogP) is 3.74. The van der Waals surface area contributed by atoms with E-state index in [1.165, 1.54) is 24.0 Å². The van der Waals surface area contributed by atoms with Crippen LogP contribution in [0.1, 0.15) is 58.4 Å². The maximum Gasteiger partial charge on any atom is 0.251 e. The first-order valence-corrected chi connectivity index (χ1v) is 11.1. The molecule has 0 aromatic heterocycles. The van der Waals surface area contributed by atoms with Gasteiger partial charge in [0.25, 0.3) is 5.91 Å². The Labute approximate surface area is 161 Å². The zero-order chi connectivity index (χ0) is 19.6. The smallest absolute Gasteiger partial charge is 0.251 e. The van der Waals surface area contributed by atoms with Gasteiger partial charge in [-0.25, -0.2) is 8.42 Å². The van der Waals surface area contributed by atoms with Crippen LogP contribution < -0.4 is 10.0 Å². The first kappa shape index (κ1) is 19.4. The number of benzene rings is 2. The van der Waals surface area contributed by atoms with Gasteiger partial charge in [0.05, 0.1) is 18.0 Å². The number of aryl methyl sites for hydroxylation is 3. The lowest BCUT2D eigenvalue weighted by molar-refractivity contribution is 0.0940. The van der Waals surface area contributed by atoms with E-state index in [2.05, 4.69) is 28.2 Å². The van der Waals surface area contributed by atoms with Gasteiger partial charge in [-0.1, -0.05) is 24.3 Å². The van der Waals surface area contributed by atoms with Crippen molar-refractivity contribution in [2.24, 2.45) is 0 Å². The van der Waals surface area contributed by atoms with Crippen molar-refractivity contribution in [3.8, 4) is 0 Å². The Morgan fingerprint density at radius 2 is 1.74 bits per heavy atom. The molecule has 0 aliphatic heterocycles. The third-order valence-electron chi connectivity index (χ3n) is 5.02. The quantitative estimate of drug-likeness (QED) is 0.822.